The summed E-state index contributed by atoms with van der Waals surface area (Å²) in [6, 6.07) is 3.72. The zero-order chi connectivity index (χ0) is 20.2. The van der Waals surface area contributed by atoms with Gasteiger partial charge in [0.2, 0.25) is 15.9 Å². The van der Waals surface area contributed by atoms with Crippen LogP contribution in [0.4, 0.5) is 11.4 Å². The summed E-state index contributed by atoms with van der Waals surface area (Å²) in [5, 5.41) is 16.9. The van der Waals surface area contributed by atoms with E-state index in [9.17, 15) is 23.3 Å². The Morgan fingerprint density at radius 2 is 1.85 bits per heavy atom. The van der Waals surface area contributed by atoms with E-state index in [2.05, 4.69) is 10.6 Å². The minimum Gasteiger partial charge on any atom is -0.371 e. The standard InChI is InChI=1S/C17H26N4O5S/c1-17(2,3)19-16(22)12-18-14-8-7-13(11-15(14)21(23)24)27(25,26)20-9-5-4-6-10-20/h7-8,11,18H,4-6,9-10,12H2,1-3H3,(H,19,22). The number of carbonyl (C=O) groups excluding carboxylic acids is 1. The summed E-state index contributed by atoms with van der Waals surface area (Å²) in [5.74, 6) is -0.318. The molecule has 0 saturated carbocycles. The van der Waals surface area contributed by atoms with Gasteiger partial charge in [-0.25, -0.2) is 8.42 Å². The van der Waals surface area contributed by atoms with Crippen LogP contribution >= 0.6 is 0 Å². The van der Waals surface area contributed by atoms with Crippen molar-refractivity contribution >= 4 is 27.3 Å². The highest BCUT2D eigenvalue weighted by molar-refractivity contribution is 7.89. The maximum absolute atomic E-state index is 12.7. The van der Waals surface area contributed by atoms with Gasteiger partial charge in [-0.3, -0.25) is 14.9 Å². The van der Waals surface area contributed by atoms with Crippen molar-refractivity contribution in [3.8, 4) is 0 Å². The van der Waals surface area contributed by atoms with Crippen LogP contribution in [0.15, 0.2) is 23.1 Å². The van der Waals surface area contributed by atoms with Gasteiger partial charge in [0.15, 0.2) is 0 Å². The highest BCUT2D eigenvalue weighted by Crippen LogP contribution is 2.29. The number of benzene rings is 1. The molecule has 0 spiro atoms. The lowest BCUT2D eigenvalue weighted by atomic mass is 10.1. The number of rotatable bonds is 6. The Hall–Kier alpha value is -2.20. The molecule has 2 N–H and O–H groups in total. The number of hydrogen-bond donors (Lipinski definition) is 2. The van der Waals surface area contributed by atoms with Crippen LogP contribution in [0.25, 0.3) is 0 Å². The molecule has 0 aliphatic carbocycles. The normalized spacial score (nSPS) is 16.0. The lowest BCUT2D eigenvalue weighted by Crippen LogP contribution is -2.43. The number of carbonyl (C=O) groups is 1. The molecule has 27 heavy (non-hydrogen) atoms. The predicted octanol–water partition coefficient (Wildman–Crippen LogP) is 2.10. The largest absolute Gasteiger partial charge is 0.371 e. The Labute approximate surface area is 159 Å². The highest BCUT2D eigenvalue weighted by atomic mass is 32.2. The van der Waals surface area contributed by atoms with E-state index in [1.54, 1.807) is 0 Å². The Bertz CT molecular complexity index is 811. The lowest BCUT2D eigenvalue weighted by molar-refractivity contribution is -0.384. The first-order valence-corrected chi connectivity index (χ1v) is 10.3. The first-order valence-electron chi connectivity index (χ1n) is 8.84. The molecule has 0 aromatic heterocycles. The van der Waals surface area contributed by atoms with Crippen molar-refractivity contribution in [2.45, 2.75) is 50.5 Å². The number of amides is 1. The minimum atomic E-state index is -3.77. The van der Waals surface area contributed by atoms with E-state index in [4.69, 9.17) is 0 Å². The molecule has 10 heteroatoms. The van der Waals surface area contributed by atoms with Crippen molar-refractivity contribution in [1.82, 2.24) is 9.62 Å². The predicted molar refractivity (Wildman–Crippen MR) is 102 cm³/mol. The maximum Gasteiger partial charge on any atom is 0.293 e. The van der Waals surface area contributed by atoms with Crippen LogP contribution in [0.2, 0.25) is 0 Å². The molecule has 9 nitrogen and oxygen atoms in total. The topological polar surface area (TPSA) is 122 Å². The van der Waals surface area contributed by atoms with E-state index in [1.807, 2.05) is 20.8 Å². The van der Waals surface area contributed by atoms with Crippen molar-refractivity contribution in [3.05, 3.63) is 28.3 Å². The fourth-order valence-corrected chi connectivity index (χ4v) is 4.40. The van der Waals surface area contributed by atoms with Gasteiger partial charge in [0, 0.05) is 24.7 Å². The SMILES string of the molecule is CC(C)(C)NC(=O)CNc1ccc(S(=O)(=O)N2CCCCC2)cc1[N+](=O)[O-]. The maximum atomic E-state index is 12.7. The molecule has 1 aliphatic rings. The highest BCUT2D eigenvalue weighted by Gasteiger charge is 2.28. The average molecular weight is 398 g/mol. The van der Waals surface area contributed by atoms with E-state index in [0.29, 0.717) is 13.1 Å². The molecule has 2 rings (SSSR count). The molecule has 0 bridgehead atoms. The van der Waals surface area contributed by atoms with Crippen LogP contribution in [-0.2, 0) is 14.8 Å². The summed E-state index contributed by atoms with van der Waals surface area (Å²) >= 11 is 0. The Morgan fingerprint density at radius 3 is 2.41 bits per heavy atom. The van der Waals surface area contributed by atoms with Crippen molar-refractivity contribution in [1.29, 1.82) is 0 Å². The van der Waals surface area contributed by atoms with Gasteiger partial charge in [-0.15, -0.1) is 0 Å². The van der Waals surface area contributed by atoms with Crippen molar-refractivity contribution in [2.75, 3.05) is 25.0 Å². The summed E-state index contributed by atoms with van der Waals surface area (Å²) in [5.41, 5.74) is -0.699. The van der Waals surface area contributed by atoms with Gasteiger partial charge < -0.3 is 10.6 Å². The molecule has 150 valence electrons. The molecule has 1 heterocycles. The second-order valence-corrected chi connectivity index (χ2v) is 9.49. The number of nitro benzene ring substituents is 1. The van der Waals surface area contributed by atoms with Crippen molar-refractivity contribution < 1.29 is 18.1 Å². The summed E-state index contributed by atoms with van der Waals surface area (Å²) in [6.07, 6.45) is 2.54. The number of anilines is 1. The smallest absolute Gasteiger partial charge is 0.293 e. The summed E-state index contributed by atoms with van der Waals surface area (Å²) in [6.45, 7) is 6.16. The molecule has 0 radical (unpaired) electrons. The second-order valence-electron chi connectivity index (χ2n) is 7.55. The molecule has 0 atom stereocenters. The third-order valence-corrected chi connectivity index (χ3v) is 5.97. The molecule has 0 unspecified atom stereocenters. The zero-order valence-electron chi connectivity index (χ0n) is 15.8. The molecular weight excluding hydrogens is 372 g/mol. The number of nitrogens with zero attached hydrogens (tertiary/aromatic N) is 2. The third-order valence-electron chi connectivity index (χ3n) is 4.07. The summed E-state index contributed by atoms with van der Waals surface area (Å²) in [4.78, 5) is 22.5. The fraction of sp³-hybridized carbons (Fsp3) is 0.588. The Balaban J connectivity index is 2.21. The number of sulfonamides is 1. The van der Waals surface area contributed by atoms with Gasteiger partial charge in [-0.05, 0) is 45.7 Å². The number of hydrogen-bond acceptors (Lipinski definition) is 6. The number of nitrogens with one attached hydrogen (secondary N) is 2. The van der Waals surface area contributed by atoms with Gasteiger partial charge in [0.25, 0.3) is 5.69 Å². The Kier molecular flexibility index (Phi) is 6.42. The van der Waals surface area contributed by atoms with Crippen LogP contribution in [0.1, 0.15) is 40.0 Å². The van der Waals surface area contributed by atoms with Gasteiger partial charge >= 0.3 is 0 Å². The van der Waals surface area contributed by atoms with E-state index in [-0.39, 0.29) is 28.7 Å². The van der Waals surface area contributed by atoms with Crippen LogP contribution in [0.3, 0.4) is 0 Å². The summed E-state index contributed by atoms with van der Waals surface area (Å²) < 4.78 is 26.8. The van der Waals surface area contributed by atoms with Crippen LogP contribution in [0.5, 0.6) is 0 Å². The molecule has 1 aromatic carbocycles. The van der Waals surface area contributed by atoms with Crippen molar-refractivity contribution in [2.24, 2.45) is 0 Å². The number of nitro groups is 1. The molecule has 1 aromatic rings. The average Bonchev–Trinajstić information content (AvgIpc) is 2.59. The monoisotopic (exact) mass is 398 g/mol. The summed E-state index contributed by atoms with van der Waals surface area (Å²) in [7, 11) is -3.77. The molecule has 1 saturated heterocycles. The third kappa shape index (κ3) is 5.64. The van der Waals surface area contributed by atoms with Crippen molar-refractivity contribution in [3.63, 3.8) is 0 Å². The van der Waals surface area contributed by atoms with Crippen LogP contribution in [0, 0.1) is 10.1 Å². The Morgan fingerprint density at radius 1 is 1.22 bits per heavy atom. The van der Waals surface area contributed by atoms with Crippen LogP contribution < -0.4 is 10.6 Å². The lowest BCUT2D eigenvalue weighted by Gasteiger charge is -2.25. The van der Waals surface area contributed by atoms with E-state index in [0.717, 1.165) is 25.3 Å². The van der Waals surface area contributed by atoms with Gasteiger partial charge in [-0.2, -0.15) is 4.31 Å². The first-order chi connectivity index (χ1) is 12.5. The molecule has 1 aliphatic heterocycles. The zero-order valence-corrected chi connectivity index (χ0v) is 16.6. The number of piperidine rings is 1. The fourth-order valence-electron chi connectivity index (χ4n) is 2.86. The molecular formula is C17H26N4O5S. The van der Waals surface area contributed by atoms with Gasteiger partial charge in [-0.1, -0.05) is 6.42 Å². The van der Waals surface area contributed by atoms with Crippen LogP contribution in [-0.4, -0.2) is 48.7 Å². The van der Waals surface area contributed by atoms with E-state index < -0.39 is 20.5 Å². The molecule has 1 amide bonds. The van der Waals surface area contributed by atoms with E-state index in [1.165, 1.54) is 16.4 Å². The minimum absolute atomic E-state index is 0.0988. The van der Waals surface area contributed by atoms with Gasteiger partial charge in [0.05, 0.1) is 16.4 Å². The first kappa shape index (κ1) is 21.1. The quantitative estimate of drug-likeness (QED) is 0.559. The van der Waals surface area contributed by atoms with Gasteiger partial charge in [0.1, 0.15) is 5.69 Å². The molecule has 1 fully saturated rings. The second kappa shape index (κ2) is 8.22. The van der Waals surface area contributed by atoms with E-state index >= 15 is 0 Å².